The van der Waals surface area contributed by atoms with Crippen molar-refractivity contribution in [3.05, 3.63) is 34.9 Å². The molecule has 2 rings (SSSR count). The molecule has 0 bridgehead atoms. The molecular formula is C19H23N3O4. The van der Waals surface area contributed by atoms with Crippen molar-refractivity contribution in [3.8, 4) is 6.07 Å². The van der Waals surface area contributed by atoms with Gasteiger partial charge in [0.2, 0.25) is 0 Å². The van der Waals surface area contributed by atoms with Gasteiger partial charge in [0.15, 0.2) is 6.61 Å². The molecule has 0 unspecified atom stereocenters. The molecule has 1 fully saturated rings. The van der Waals surface area contributed by atoms with Crippen LogP contribution in [0.5, 0.6) is 0 Å². The molecule has 7 heteroatoms. The van der Waals surface area contributed by atoms with Crippen molar-refractivity contribution in [3.63, 3.8) is 0 Å². The molecule has 0 saturated heterocycles. The van der Waals surface area contributed by atoms with Gasteiger partial charge >= 0.3 is 5.97 Å². The van der Waals surface area contributed by atoms with Gasteiger partial charge in [-0.15, -0.1) is 0 Å². The first kappa shape index (κ1) is 19.4. The number of esters is 1. The number of hydrogen-bond acceptors (Lipinski definition) is 5. The van der Waals surface area contributed by atoms with Crippen LogP contribution < -0.4 is 10.6 Å². The molecule has 1 aromatic carbocycles. The number of ether oxygens (including phenoxy) is 1. The van der Waals surface area contributed by atoms with Crippen LogP contribution >= 0.6 is 0 Å². The van der Waals surface area contributed by atoms with Crippen LogP contribution in [-0.4, -0.2) is 36.5 Å². The molecule has 1 aliphatic rings. The summed E-state index contributed by atoms with van der Waals surface area (Å²) in [5.74, 6) is -1.50. The minimum Gasteiger partial charge on any atom is -0.454 e. The maximum absolute atomic E-state index is 12.0. The van der Waals surface area contributed by atoms with Gasteiger partial charge in [0.25, 0.3) is 11.8 Å². The predicted octanol–water partition coefficient (Wildman–Crippen LogP) is 1.38. The molecule has 0 heterocycles. The van der Waals surface area contributed by atoms with Crippen LogP contribution in [0.3, 0.4) is 0 Å². The Morgan fingerprint density at radius 2 is 1.96 bits per heavy atom. The van der Waals surface area contributed by atoms with Gasteiger partial charge in [-0.1, -0.05) is 6.07 Å². The maximum Gasteiger partial charge on any atom is 0.325 e. The van der Waals surface area contributed by atoms with Crippen LogP contribution in [0.1, 0.15) is 41.3 Å². The number of nitrogens with zero attached hydrogens (tertiary/aromatic N) is 1. The van der Waals surface area contributed by atoms with E-state index in [1.54, 1.807) is 19.1 Å². The molecule has 1 atom stereocenters. The Morgan fingerprint density at radius 3 is 2.54 bits per heavy atom. The largest absolute Gasteiger partial charge is 0.454 e. The van der Waals surface area contributed by atoms with E-state index in [1.807, 2.05) is 19.9 Å². The first-order valence-electron chi connectivity index (χ1n) is 8.48. The smallest absolute Gasteiger partial charge is 0.325 e. The van der Waals surface area contributed by atoms with Crippen molar-refractivity contribution in [2.24, 2.45) is 5.92 Å². The summed E-state index contributed by atoms with van der Waals surface area (Å²) < 4.78 is 4.85. The van der Waals surface area contributed by atoms with Gasteiger partial charge in [-0.2, -0.15) is 5.26 Å². The molecule has 26 heavy (non-hydrogen) atoms. The van der Waals surface area contributed by atoms with Crippen LogP contribution in [0.2, 0.25) is 0 Å². The van der Waals surface area contributed by atoms with E-state index >= 15 is 0 Å². The van der Waals surface area contributed by atoms with Gasteiger partial charge in [-0.25, -0.2) is 0 Å². The van der Waals surface area contributed by atoms with Gasteiger partial charge in [0, 0.05) is 5.56 Å². The standard InChI is InChI=1S/C19H23N3O4/c1-12-4-5-14(8-13(12)2)18(25)21-9-17(24)26-10-16(23)22-19(3,11-20)15-6-7-15/h4-5,8,15H,6-7,9-10H2,1-3H3,(H,21,25)(H,22,23)/t19-/m0/s1. The average molecular weight is 357 g/mol. The Morgan fingerprint density at radius 1 is 1.27 bits per heavy atom. The number of rotatable bonds is 7. The highest BCUT2D eigenvalue weighted by molar-refractivity contribution is 5.96. The fourth-order valence-electron chi connectivity index (χ4n) is 2.54. The second kappa shape index (κ2) is 8.00. The molecule has 2 N–H and O–H groups in total. The number of nitriles is 1. The first-order chi connectivity index (χ1) is 12.2. The second-order valence-corrected chi connectivity index (χ2v) is 6.78. The molecule has 0 radical (unpaired) electrons. The monoisotopic (exact) mass is 357 g/mol. The van der Waals surface area contributed by atoms with E-state index in [2.05, 4.69) is 16.7 Å². The normalized spacial score (nSPS) is 15.3. The van der Waals surface area contributed by atoms with E-state index in [4.69, 9.17) is 4.74 Å². The lowest BCUT2D eigenvalue weighted by molar-refractivity contribution is -0.147. The van der Waals surface area contributed by atoms with E-state index in [0.29, 0.717) is 5.56 Å². The Bertz CT molecular complexity index is 765. The number of carbonyl (C=O) groups is 3. The topological polar surface area (TPSA) is 108 Å². The summed E-state index contributed by atoms with van der Waals surface area (Å²) in [5, 5.41) is 14.2. The van der Waals surface area contributed by atoms with Crippen LogP contribution in [0, 0.1) is 31.1 Å². The van der Waals surface area contributed by atoms with Crippen molar-refractivity contribution in [1.29, 1.82) is 5.26 Å². The van der Waals surface area contributed by atoms with E-state index < -0.39 is 24.0 Å². The van der Waals surface area contributed by atoms with Gasteiger partial charge in [0.05, 0.1) is 6.07 Å². The predicted molar refractivity (Wildman–Crippen MR) is 94.1 cm³/mol. The van der Waals surface area contributed by atoms with E-state index in [0.717, 1.165) is 24.0 Å². The fraction of sp³-hybridized carbons (Fsp3) is 0.474. The Balaban J connectivity index is 1.74. The van der Waals surface area contributed by atoms with Crippen LogP contribution in [-0.2, 0) is 14.3 Å². The second-order valence-electron chi connectivity index (χ2n) is 6.78. The molecule has 1 saturated carbocycles. The zero-order valence-corrected chi connectivity index (χ0v) is 15.2. The molecule has 138 valence electrons. The average Bonchev–Trinajstić information content (AvgIpc) is 3.45. The number of amides is 2. The Labute approximate surface area is 152 Å². The zero-order valence-electron chi connectivity index (χ0n) is 15.2. The lowest BCUT2D eigenvalue weighted by Gasteiger charge is -2.22. The van der Waals surface area contributed by atoms with E-state index in [9.17, 15) is 19.6 Å². The van der Waals surface area contributed by atoms with Crippen molar-refractivity contribution in [1.82, 2.24) is 10.6 Å². The molecule has 0 aliphatic heterocycles. The number of benzene rings is 1. The van der Waals surface area contributed by atoms with Crippen LogP contribution in [0.25, 0.3) is 0 Å². The van der Waals surface area contributed by atoms with Gasteiger partial charge in [-0.3, -0.25) is 14.4 Å². The Hall–Kier alpha value is -2.88. The lowest BCUT2D eigenvalue weighted by Crippen LogP contribution is -2.48. The molecule has 1 aromatic rings. The number of carbonyl (C=O) groups excluding carboxylic acids is 3. The summed E-state index contributed by atoms with van der Waals surface area (Å²) in [6.45, 7) is 4.68. The SMILES string of the molecule is Cc1ccc(C(=O)NCC(=O)OCC(=O)N[C@@](C)(C#N)C2CC2)cc1C. The molecule has 1 aliphatic carbocycles. The quantitative estimate of drug-likeness (QED) is 0.717. The summed E-state index contributed by atoms with van der Waals surface area (Å²) in [5.41, 5.74) is 1.57. The number of nitrogens with one attached hydrogen (secondary N) is 2. The summed E-state index contributed by atoms with van der Waals surface area (Å²) in [7, 11) is 0. The van der Waals surface area contributed by atoms with Crippen LogP contribution in [0.15, 0.2) is 18.2 Å². The summed E-state index contributed by atoms with van der Waals surface area (Å²) in [4.78, 5) is 35.6. The molecule has 0 spiro atoms. The first-order valence-corrected chi connectivity index (χ1v) is 8.48. The maximum atomic E-state index is 12.0. The number of aryl methyl sites for hydroxylation is 2. The molecular weight excluding hydrogens is 334 g/mol. The van der Waals surface area contributed by atoms with E-state index in [1.165, 1.54) is 0 Å². The zero-order chi connectivity index (χ0) is 19.3. The molecule has 2 amide bonds. The minimum atomic E-state index is -0.930. The lowest BCUT2D eigenvalue weighted by atomic mass is 9.98. The third kappa shape index (κ3) is 5.06. The van der Waals surface area contributed by atoms with E-state index in [-0.39, 0.29) is 18.4 Å². The summed E-state index contributed by atoms with van der Waals surface area (Å²) in [6.07, 6.45) is 1.79. The Kier molecular flexibility index (Phi) is 5.98. The highest BCUT2D eigenvalue weighted by Gasteiger charge is 2.43. The van der Waals surface area contributed by atoms with Crippen molar-refractivity contribution in [2.75, 3.05) is 13.2 Å². The molecule has 7 nitrogen and oxygen atoms in total. The molecule has 0 aromatic heterocycles. The highest BCUT2D eigenvalue weighted by Crippen LogP contribution is 2.39. The van der Waals surface area contributed by atoms with Crippen molar-refractivity contribution < 1.29 is 19.1 Å². The van der Waals surface area contributed by atoms with Crippen molar-refractivity contribution >= 4 is 17.8 Å². The highest BCUT2D eigenvalue weighted by atomic mass is 16.5. The summed E-state index contributed by atoms with van der Waals surface area (Å²) in [6, 6.07) is 7.35. The minimum absolute atomic E-state index is 0.143. The van der Waals surface area contributed by atoms with Crippen molar-refractivity contribution in [2.45, 2.75) is 39.2 Å². The summed E-state index contributed by atoms with van der Waals surface area (Å²) >= 11 is 0. The number of hydrogen-bond donors (Lipinski definition) is 2. The van der Waals surface area contributed by atoms with Gasteiger partial charge < -0.3 is 15.4 Å². The van der Waals surface area contributed by atoms with Crippen LogP contribution in [0.4, 0.5) is 0 Å². The third-order valence-corrected chi connectivity index (χ3v) is 4.55. The van der Waals surface area contributed by atoms with Gasteiger partial charge in [0.1, 0.15) is 12.1 Å². The fourth-order valence-corrected chi connectivity index (χ4v) is 2.54. The van der Waals surface area contributed by atoms with Gasteiger partial charge in [-0.05, 0) is 62.8 Å². The third-order valence-electron chi connectivity index (χ3n) is 4.55.